The van der Waals surface area contributed by atoms with Gasteiger partial charge >= 0.3 is 0 Å². The number of aryl methyl sites for hydroxylation is 2. The van der Waals surface area contributed by atoms with Gasteiger partial charge in [0.25, 0.3) is 0 Å². The van der Waals surface area contributed by atoms with Crippen molar-refractivity contribution in [1.29, 1.82) is 0 Å². The summed E-state index contributed by atoms with van der Waals surface area (Å²) in [7, 11) is 1.68. The van der Waals surface area contributed by atoms with Crippen molar-refractivity contribution in [2.45, 2.75) is 26.3 Å². The number of hydrazine groups is 1. The predicted molar refractivity (Wildman–Crippen MR) is 87.7 cm³/mol. The van der Waals surface area contributed by atoms with E-state index in [1.807, 2.05) is 37.3 Å². The second-order valence-electron chi connectivity index (χ2n) is 5.19. The maximum atomic E-state index is 6.24. The number of ether oxygens (including phenoxy) is 1. The van der Waals surface area contributed by atoms with Gasteiger partial charge in [0.1, 0.15) is 5.75 Å². The van der Waals surface area contributed by atoms with E-state index in [0.717, 1.165) is 39.4 Å². The zero-order valence-electron chi connectivity index (χ0n) is 12.6. The summed E-state index contributed by atoms with van der Waals surface area (Å²) < 4.78 is 5.36. The summed E-state index contributed by atoms with van der Waals surface area (Å²) >= 11 is 6.24. The Morgan fingerprint density at radius 1 is 1.19 bits per heavy atom. The molecule has 0 saturated heterocycles. The van der Waals surface area contributed by atoms with Crippen molar-refractivity contribution in [2.75, 3.05) is 7.11 Å². The second-order valence-corrected chi connectivity index (χ2v) is 5.60. The fraction of sp³-hybridized carbons (Fsp3) is 0.294. The first kappa shape index (κ1) is 15.8. The van der Waals surface area contributed by atoms with Crippen LogP contribution in [0.1, 0.15) is 28.3 Å². The van der Waals surface area contributed by atoms with Crippen LogP contribution in [0.15, 0.2) is 36.4 Å². The molecule has 1 unspecified atom stereocenters. The minimum Gasteiger partial charge on any atom is -0.496 e. The van der Waals surface area contributed by atoms with Gasteiger partial charge in [0.2, 0.25) is 0 Å². The third-order valence-corrected chi connectivity index (χ3v) is 4.11. The monoisotopic (exact) mass is 304 g/mol. The van der Waals surface area contributed by atoms with E-state index in [9.17, 15) is 0 Å². The van der Waals surface area contributed by atoms with Crippen molar-refractivity contribution in [1.82, 2.24) is 5.43 Å². The van der Waals surface area contributed by atoms with Crippen LogP contribution in [-0.4, -0.2) is 7.11 Å². The summed E-state index contributed by atoms with van der Waals surface area (Å²) in [6.45, 7) is 4.10. The molecule has 0 bridgehead atoms. The first-order chi connectivity index (χ1) is 10.1. The lowest BCUT2D eigenvalue weighted by molar-refractivity contribution is 0.410. The van der Waals surface area contributed by atoms with E-state index in [4.69, 9.17) is 22.2 Å². The number of rotatable bonds is 5. The molecule has 0 heterocycles. The highest BCUT2D eigenvalue weighted by atomic mass is 35.5. The minimum absolute atomic E-state index is 0.00880. The van der Waals surface area contributed by atoms with Gasteiger partial charge < -0.3 is 4.74 Å². The van der Waals surface area contributed by atoms with Gasteiger partial charge in [-0.25, -0.2) is 0 Å². The van der Waals surface area contributed by atoms with Gasteiger partial charge in [-0.2, -0.15) is 0 Å². The fourth-order valence-electron chi connectivity index (χ4n) is 2.55. The molecule has 3 nitrogen and oxygen atoms in total. The van der Waals surface area contributed by atoms with Crippen LogP contribution in [0.5, 0.6) is 5.75 Å². The lowest BCUT2D eigenvalue weighted by Gasteiger charge is -2.21. The van der Waals surface area contributed by atoms with Gasteiger partial charge in [0.05, 0.1) is 13.2 Å². The SMILES string of the molecule is COc1cc(C)c(C(Cc2ccccc2Cl)NN)cc1C. The standard InChI is InChI=1S/C17H21ClN2O/c1-11-9-17(21-3)12(2)8-14(11)16(20-19)10-13-6-4-5-7-15(13)18/h4-9,16,20H,10,19H2,1-3H3. The summed E-state index contributed by atoms with van der Waals surface area (Å²) in [4.78, 5) is 0. The topological polar surface area (TPSA) is 47.3 Å². The molecule has 3 N–H and O–H groups in total. The average Bonchev–Trinajstić information content (AvgIpc) is 2.48. The summed E-state index contributed by atoms with van der Waals surface area (Å²) in [5.41, 5.74) is 7.38. The molecule has 0 fully saturated rings. The van der Waals surface area contributed by atoms with Crippen LogP contribution in [0, 0.1) is 13.8 Å². The Kier molecular flexibility index (Phi) is 5.23. The molecule has 0 aliphatic heterocycles. The maximum Gasteiger partial charge on any atom is 0.122 e. The Balaban J connectivity index is 2.34. The zero-order chi connectivity index (χ0) is 15.4. The quantitative estimate of drug-likeness (QED) is 0.654. The molecule has 2 aromatic carbocycles. The second kappa shape index (κ2) is 6.94. The lowest BCUT2D eigenvalue weighted by atomic mass is 9.94. The fourth-order valence-corrected chi connectivity index (χ4v) is 2.76. The normalized spacial score (nSPS) is 12.2. The summed E-state index contributed by atoms with van der Waals surface area (Å²) in [6, 6.07) is 12.0. The van der Waals surface area contributed by atoms with Crippen LogP contribution in [0.3, 0.4) is 0 Å². The summed E-state index contributed by atoms with van der Waals surface area (Å²) in [5, 5.41) is 0.764. The molecule has 0 saturated carbocycles. The van der Waals surface area contributed by atoms with Crippen LogP contribution in [0.4, 0.5) is 0 Å². The van der Waals surface area contributed by atoms with Crippen molar-refractivity contribution >= 4 is 11.6 Å². The highest BCUT2D eigenvalue weighted by Crippen LogP contribution is 2.29. The Labute approximate surface area is 131 Å². The van der Waals surface area contributed by atoms with E-state index in [0.29, 0.717) is 0 Å². The van der Waals surface area contributed by atoms with Crippen molar-refractivity contribution in [3.8, 4) is 5.75 Å². The molecule has 0 spiro atoms. The van der Waals surface area contributed by atoms with Gasteiger partial charge in [-0.05, 0) is 54.7 Å². The van der Waals surface area contributed by atoms with E-state index in [1.165, 1.54) is 0 Å². The molecule has 4 heteroatoms. The van der Waals surface area contributed by atoms with Gasteiger partial charge in [-0.3, -0.25) is 11.3 Å². The molecule has 2 rings (SSSR count). The minimum atomic E-state index is 0.00880. The number of nitrogens with two attached hydrogens (primary N) is 1. The van der Waals surface area contributed by atoms with E-state index in [2.05, 4.69) is 18.4 Å². The van der Waals surface area contributed by atoms with E-state index >= 15 is 0 Å². The highest BCUT2D eigenvalue weighted by Gasteiger charge is 2.16. The van der Waals surface area contributed by atoms with Crippen molar-refractivity contribution in [3.63, 3.8) is 0 Å². The third-order valence-electron chi connectivity index (χ3n) is 3.74. The highest BCUT2D eigenvalue weighted by molar-refractivity contribution is 6.31. The average molecular weight is 305 g/mol. The lowest BCUT2D eigenvalue weighted by Crippen LogP contribution is -2.30. The van der Waals surface area contributed by atoms with E-state index in [1.54, 1.807) is 7.11 Å². The molecule has 0 aliphatic rings. The van der Waals surface area contributed by atoms with Crippen molar-refractivity contribution in [3.05, 3.63) is 63.7 Å². The number of hydrogen-bond acceptors (Lipinski definition) is 3. The Bertz CT molecular complexity index is 628. The third kappa shape index (κ3) is 3.56. The largest absolute Gasteiger partial charge is 0.496 e. The first-order valence-corrected chi connectivity index (χ1v) is 7.29. The van der Waals surface area contributed by atoms with Crippen LogP contribution in [0.25, 0.3) is 0 Å². The van der Waals surface area contributed by atoms with Gasteiger partial charge in [0.15, 0.2) is 0 Å². The molecule has 0 amide bonds. The van der Waals surface area contributed by atoms with Crippen LogP contribution < -0.4 is 16.0 Å². The van der Waals surface area contributed by atoms with Crippen LogP contribution in [-0.2, 0) is 6.42 Å². The molecular weight excluding hydrogens is 284 g/mol. The maximum absolute atomic E-state index is 6.24. The van der Waals surface area contributed by atoms with Crippen molar-refractivity contribution in [2.24, 2.45) is 5.84 Å². The smallest absolute Gasteiger partial charge is 0.122 e. The zero-order valence-corrected chi connectivity index (χ0v) is 13.4. The number of methoxy groups -OCH3 is 1. The van der Waals surface area contributed by atoms with Crippen molar-refractivity contribution < 1.29 is 4.74 Å². The summed E-state index contributed by atoms with van der Waals surface area (Å²) in [6.07, 6.45) is 0.739. The molecule has 21 heavy (non-hydrogen) atoms. The number of halogens is 1. The first-order valence-electron chi connectivity index (χ1n) is 6.91. The van der Waals surface area contributed by atoms with E-state index < -0.39 is 0 Å². The van der Waals surface area contributed by atoms with Gasteiger partial charge in [-0.15, -0.1) is 0 Å². The van der Waals surface area contributed by atoms with Crippen LogP contribution in [0.2, 0.25) is 5.02 Å². The Hall–Kier alpha value is -1.55. The van der Waals surface area contributed by atoms with Gasteiger partial charge in [-0.1, -0.05) is 35.9 Å². The van der Waals surface area contributed by atoms with Gasteiger partial charge in [0, 0.05) is 5.02 Å². The number of nitrogens with one attached hydrogen (secondary N) is 1. The molecule has 2 aromatic rings. The van der Waals surface area contributed by atoms with Crippen LogP contribution >= 0.6 is 11.6 Å². The molecule has 1 atom stereocenters. The number of hydrogen-bond donors (Lipinski definition) is 2. The van der Waals surface area contributed by atoms with E-state index in [-0.39, 0.29) is 6.04 Å². The molecule has 0 radical (unpaired) electrons. The molecular formula is C17H21ClN2O. The Morgan fingerprint density at radius 3 is 2.52 bits per heavy atom. The molecule has 0 aromatic heterocycles. The predicted octanol–water partition coefficient (Wildman–Crippen LogP) is 3.71. The molecule has 112 valence electrons. The number of benzene rings is 2. The summed E-state index contributed by atoms with van der Waals surface area (Å²) in [5.74, 6) is 6.66. The molecule has 0 aliphatic carbocycles. The Morgan fingerprint density at radius 2 is 1.90 bits per heavy atom.